The fraction of sp³-hybridized carbons (Fsp3) is 0.429. The van der Waals surface area contributed by atoms with E-state index in [9.17, 15) is 0 Å². The maximum Gasteiger partial charge on any atom is 0.188 e. The number of hydrogen-bond donors (Lipinski definition) is 0. The van der Waals surface area contributed by atoms with Crippen molar-refractivity contribution in [3.63, 3.8) is 0 Å². The van der Waals surface area contributed by atoms with Gasteiger partial charge in [0.15, 0.2) is 5.16 Å². The van der Waals surface area contributed by atoms with Crippen molar-refractivity contribution in [2.24, 2.45) is 0 Å². The van der Waals surface area contributed by atoms with E-state index in [2.05, 4.69) is 9.97 Å². The van der Waals surface area contributed by atoms with Crippen LogP contribution in [0.15, 0.2) is 5.16 Å². The highest BCUT2D eigenvalue weighted by atomic mass is 35.5. The van der Waals surface area contributed by atoms with Crippen LogP contribution >= 0.6 is 23.4 Å². The first-order chi connectivity index (χ1) is 5.15. The van der Waals surface area contributed by atoms with Crippen LogP contribution in [0, 0.1) is 13.8 Å². The summed E-state index contributed by atoms with van der Waals surface area (Å²) in [5.41, 5.74) is 1.92. The number of halogens is 1. The Labute approximate surface area is 75.4 Å². The van der Waals surface area contributed by atoms with Gasteiger partial charge in [0.1, 0.15) is 5.15 Å². The van der Waals surface area contributed by atoms with Gasteiger partial charge in [-0.1, -0.05) is 23.4 Å². The summed E-state index contributed by atoms with van der Waals surface area (Å²) in [6.45, 7) is 3.85. The van der Waals surface area contributed by atoms with Crippen molar-refractivity contribution in [1.29, 1.82) is 0 Å². The summed E-state index contributed by atoms with van der Waals surface area (Å²) in [4.78, 5) is 8.29. The number of hydrogen-bond acceptors (Lipinski definition) is 3. The van der Waals surface area contributed by atoms with Gasteiger partial charge in [-0.05, 0) is 20.1 Å². The van der Waals surface area contributed by atoms with E-state index in [1.807, 2.05) is 20.1 Å². The minimum absolute atomic E-state index is 0.557. The topological polar surface area (TPSA) is 25.8 Å². The molecule has 0 aliphatic heterocycles. The molecule has 11 heavy (non-hydrogen) atoms. The molecule has 1 aromatic heterocycles. The highest BCUT2D eigenvalue weighted by molar-refractivity contribution is 7.98. The van der Waals surface area contributed by atoms with Crippen molar-refractivity contribution in [3.05, 3.63) is 16.4 Å². The fourth-order valence-corrected chi connectivity index (χ4v) is 1.34. The molecule has 0 N–H and O–H groups in total. The fourth-order valence-electron chi connectivity index (χ4n) is 0.661. The Morgan fingerprint density at radius 3 is 2.36 bits per heavy atom. The molecule has 4 heteroatoms. The Balaban J connectivity index is 3.21. The van der Waals surface area contributed by atoms with E-state index in [0.717, 1.165) is 16.4 Å². The third-order valence-corrected chi connectivity index (χ3v) is 2.41. The molecule has 0 fully saturated rings. The largest absolute Gasteiger partial charge is 0.228 e. The summed E-state index contributed by atoms with van der Waals surface area (Å²) in [5, 5.41) is 1.29. The Kier molecular flexibility index (Phi) is 2.73. The summed E-state index contributed by atoms with van der Waals surface area (Å²) in [7, 11) is 0. The molecule has 0 aliphatic rings. The molecule has 0 atom stereocenters. The van der Waals surface area contributed by atoms with E-state index >= 15 is 0 Å². The number of rotatable bonds is 1. The molecule has 0 aromatic carbocycles. The van der Waals surface area contributed by atoms with Crippen LogP contribution in [-0.4, -0.2) is 16.2 Å². The van der Waals surface area contributed by atoms with Crippen LogP contribution in [0.5, 0.6) is 0 Å². The second-order valence-corrected chi connectivity index (χ2v) is 3.34. The molecule has 0 amide bonds. The van der Waals surface area contributed by atoms with Gasteiger partial charge in [-0.15, -0.1) is 0 Å². The molecule has 0 aliphatic carbocycles. The second-order valence-electron chi connectivity index (χ2n) is 2.21. The second kappa shape index (κ2) is 3.41. The molecule has 60 valence electrons. The summed E-state index contributed by atoms with van der Waals surface area (Å²) >= 11 is 7.33. The minimum atomic E-state index is 0.557. The van der Waals surface area contributed by atoms with Crippen LogP contribution < -0.4 is 0 Å². The smallest absolute Gasteiger partial charge is 0.188 e. The van der Waals surface area contributed by atoms with E-state index in [1.54, 1.807) is 0 Å². The van der Waals surface area contributed by atoms with Gasteiger partial charge < -0.3 is 0 Å². The molecule has 2 nitrogen and oxygen atoms in total. The number of thioether (sulfide) groups is 1. The minimum Gasteiger partial charge on any atom is -0.228 e. The van der Waals surface area contributed by atoms with E-state index < -0.39 is 0 Å². The SMILES string of the molecule is CSc1nc(C)c(C)c(Cl)n1. The van der Waals surface area contributed by atoms with E-state index in [4.69, 9.17) is 11.6 Å². The lowest BCUT2D eigenvalue weighted by atomic mass is 10.3. The van der Waals surface area contributed by atoms with Crippen molar-refractivity contribution in [2.75, 3.05) is 6.26 Å². The first-order valence-electron chi connectivity index (χ1n) is 3.20. The van der Waals surface area contributed by atoms with Crippen molar-refractivity contribution < 1.29 is 0 Å². The molecule has 0 bridgehead atoms. The van der Waals surface area contributed by atoms with Crippen molar-refractivity contribution >= 4 is 23.4 Å². The van der Waals surface area contributed by atoms with Crippen LogP contribution in [0.4, 0.5) is 0 Å². The number of nitrogens with zero attached hydrogens (tertiary/aromatic N) is 2. The van der Waals surface area contributed by atoms with Crippen LogP contribution in [-0.2, 0) is 0 Å². The Bertz CT molecular complexity index is 252. The monoisotopic (exact) mass is 188 g/mol. The highest BCUT2D eigenvalue weighted by Gasteiger charge is 2.03. The predicted octanol–water partition coefficient (Wildman–Crippen LogP) is 2.47. The zero-order valence-electron chi connectivity index (χ0n) is 6.68. The van der Waals surface area contributed by atoms with E-state index in [1.165, 1.54) is 11.8 Å². The van der Waals surface area contributed by atoms with Crippen molar-refractivity contribution in [2.45, 2.75) is 19.0 Å². The lowest BCUT2D eigenvalue weighted by Crippen LogP contribution is -1.94. The maximum absolute atomic E-state index is 5.83. The molecular weight excluding hydrogens is 180 g/mol. The first kappa shape index (κ1) is 8.81. The molecule has 0 unspecified atom stereocenters. The number of aromatic nitrogens is 2. The summed E-state index contributed by atoms with van der Waals surface area (Å²) < 4.78 is 0. The normalized spacial score (nSPS) is 10.2. The Morgan fingerprint density at radius 2 is 1.91 bits per heavy atom. The zero-order chi connectivity index (χ0) is 8.43. The van der Waals surface area contributed by atoms with Crippen LogP contribution in [0.25, 0.3) is 0 Å². The third kappa shape index (κ3) is 1.84. The van der Waals surface area contributed by atoms with Crippen LogP contribution in [0.3, 0.4) is 0 Å². The quantitative estimate of drug-likeness (QED) is 0.385. The Hall–Kier alpha value is -0.280. The molecule has 0 spiro atoms. The summed E-state index contributed by atoms with van der Waals surface area (Å²) in [6.07, 6.45) is 1.93. The van der Waals surface area contributed by atoms with Crippen molar-refractivity contribution in [3.8, 4) is 0 Å². The molecule has 0 saturated heterocycles. The lowest BCUT2D eigenvalue weighted by molar-refractivity contribution is 0.916. The maximum atomic E-state index is 5.83. The molecular formula is C7H9ClN2S. The van der Waals surface area contributed by atoms with E-state index in [-0.39, 0.29) is 0 Å². The van der Waals surface area contributed by atoms with Gasteiger partial charge in [0, 0.05) is 11.3 Å². The lowest BCUT2D eigenvalue weighted by Gasteiger charge is -2.02. The highest BCUT2D eigenvalue weighted by Crippen LogP contribution is 2.18. The average Bonchev–Trinajstić information content (AvgIpc) is 1.99. The molecule has 1 heterocycles. The Morgan fingerprint density at radius 1 is 1.27 bits per heavy atom. The van der Waals surface area contributed by atoms with Gasteiger partial charge in [0.05, 0.1) is 0 Å². The molecule has 1 rings (SSSR count). The third-order valence-electron chi connectivity index (χ3n) is 1.49. The predicted molar refractivity (Wildman–Crippen MR) is 48.3 cm³/mol. The first-order valence-corrected chi connectivity index (χ1v) is 4.80. The average molecular weight is 189 g/mol. The van der Waals surface area contributed by atoms with Crippen LogP contribution in [0.1, 0.15) is 11.3 Å². The van der Waals surface area contributed by atoms with Gasteiger partial charge in [-0.2, -0.15) is 0 Å². The molecule has 0 radical (unpaired) electrons. The molecule has 1 aromatic rings. The standard InChI is InChI=1S/C7H9ClN2S/c1-4-5(2)9-7(11-3)10-6(4)8/h1-3H3. The van der Waals surface area contributed by atoms with Gasteiger partial charge in [0.2, 0.25) is 0 Å². The van der Waals surface area contributed by atoms with Gasteiger partial charge in [0.25, 0.3) is 0 Å². The molecule has 0 saturated carbocycles. The van der Waals surface area contributed by atoms with Gasteiger partial charge in [-0.25, -0.2) is 9.97 Å². The number of aryl methyl sites for hydroxylation is 1. The van der Waals surface area contributed by atoms with Crippen LogP contribution in [0.2, 0.25) is 5.15 Å². The van der Waals surface area contributed by atoms with Gasteiger partial charge in [-0.3, -0.25) is 0 Å². The van der Waals surface area contributed by atoms with E-state index in [0.29, 0.717) is 5.15 Å². The summed E-state index contributed by atoms with van der Waals surface area (Å²) in [6, 6.07) is 0. The van der Waals surface area contributed by atoms with Gasteiger partial charge >= 0.3 is 0 Å². The van der Waals surface area contributed by atoms with Crippen molar-refractivity contribution in [1.82, 2.24) is 9.97 Å². The zero-order valence-corrected chi connectivity index (χ0v) is 8.25. The summed E-state index contributed by atoms with van der Waals surface area (Å²) in [5.74, 6) is 0.